The third-order valence-electron chi connectivity index (χ3n) is 2.63. The van der Waals surface area contributed by atoms with Gasteiger partial charge >= 0.3 is 0 Å². The van der Waals surface area contributed by atoms with Gasteiger partial charge in [-0.15, -0.1) is 11.3 Å². The summed E-state index contributed by atoms with van der Waals surface area (Å²) in [5.74, 6) is 0. The normalized spacial score (nSPS) is 15.7. The summed E-state index contributed by atoms with van der Waals surface area (Å²) in [6.07, 6.45) is 1.08. The number of hydrogen-bond donors (Lipinski definition) is 2. The van der Waals surface area contributed by atoms with Gasteiger partial charge in [0, 0.05) is 16.1 Å². The molecule has 0 amide bonds. The summed E-state index contributed by atoms with van der Waals surface area (Å²) in [7, 11) is -3.30. The lowest BCUT2D eigenvalue weighted by atomic mass is 10.1. The van der Waals surface area contributed by atoms with E-state index in [0.717, 1.165) is 21.2 Å². The highest BCUT2D eigenvalue weighted by Gasteiger charge is 2.26. The first kappa shape index (κ1) is 13.5. The molecule has 1 unspecified atom stereocenters. The van der Waals surface area contributed by atoms with Crippen LogP contribution in [0.1, 0.15) is 11.8 Å². The Hall–Kier alpha value is -0.950. The van der Waals surface area contributed by atoms with Gasteiger partial charge in [-0.2, -0.15) is 0 Å². The molecule has 0 bridgehead atoms. The highest BCUT2D eigenvalue weighted by molar-refractivity contribution is 7.88. The molecule has 0 saturated carbocycles. The van der Waals surface area contributed by atoms with E-state index in [-0.39, 0.29) is 6.54 Å². The zero-order valence-electron chi connectivity index (χ0n) is 10.2. The predicted octanol–water partition coefficient (Wildman–Crippen LogP) is 1.66. The van der Waals surface area contributed by atoms with Crippen LogP contribution in [0.15, 0.2) is 30.3 Å². The van der Waals surface area contributed by atoms with Crippen molar-refractivity contribution in [1.29, 1.82) is 0 Å². The maximum Gasteiger partial charge on any atom is 0.208 e. The van der Waals surface area contributed by atoms with E-state index in [1.807, 2.05) is 30.3 Å². The maximum atomic E-state index is 11.1. The van der Waals surface area contributed by atoms with Crippen LogP contribution >= 0.6 is 11.3 Å². The second-order valence-corrected chi connectivity index (χ2v) is 7.43. The third-order valence-corrected chi connectivity index (χ3v) is 4.67. The molecule has 18 heavy (non-hydrogen) atoms. The molecule has 2 N–H and O–H groups in total. The van der Waals surface area contributed by atoms with Gasteiger partial charge in [0.25, 0.3) is 0 Å². The molecular formula is C12H15NO3S2. The zero-order valence-corrected chi connectivity index (χ0v) is 11.8. The van der Waals surface area contributed by atoms with E-state index < -0.39 is 15.6 Å². The number of benzene rings is 1. The van der Waals surface area contributed by atoms with Crippen LogP contribution in [0.25, 0.3) is 10.1 Å². The molecule has 0 aliphatic rings. The second-order valence-electron chi connectivity index (χ2n) is 4.52. The minimum absolute atomic E-state index is 0.0291. The number of thiophene rings is 1. The van der Waals surface area contributed by atoms with Gasteiger partial charge in [-0.25, -0.2) is 13.1 Å². The van der Waals surface area contributed by atoms with Crippen LogP contribution in [0.5, 0.6) is 0 Å². The third kappa shape index (κ3) is 3.08. The van der Waals surface area contributed by atoms with Crippen molar-refractivity contribution in [1.82, 2.24) is 4.72 Å². The molecule has 0 saturated heterocycles. The molecule has 0 radical (unpaired) electrons. The molecule has 1 aromatic carbocycles. The molecule has 6 heteroatoms. The fourth-order valence-electron chi connectivity index (χ4n) is 1.61. The van der Waals surface area contributed by atoms with Gasteiger partial charge in [-0.05, 0) is 24.4 Å². The molecule has 2 aromatic rings. The summed E-state index contributed by atoms with van der Waals surface area (Å²) in [6.45, 7) is 1.58. The van der Waals surface area contributed by atoms with Crippen molar-refractivity contribution in [3.05, 3.63) is 35.2 Å². The fourth-order valence-corrected chi connectivity index (χ4v) is 3.26. The van der Waals surface area contributed by atoms with Gasteiger partial charge in [0.2, 0.25) is 10.0 Å². The highest BCUT2D eigenvalue weighted by Crippen LogP contribution is 2.32. The Labute approximate surface area is 110 Å². The average Bonchev–Trinajstić information content (AvgIpc) is 2.70. The minimum atomic E-state index is -3.30. The number of fused-ring (bicyclic) bond motifs is 1. The largest absolute Gasteiger partial charge is 0.383 e. The van der Waals surface area contributed by atoms with Crippen molar-refractivity contribution in [3.8, 4) is 0 Å². The Morgan fingerprint density at radius 1 is 1.39 bits per heavy atom. The summed E-state index contributed by atoms with van der Waals surface area (Å²) >= 11 is 1.47. The van der Waals surface area contributed by atoms with E-state index >= 15 is 0 Å². The first-order valence-corrected chi connectivity index (χ1v) is 8.15. The van der Waals surface area contributed by atoms with Crippen LogP contribution in [0.4, 0.5) is 0 Å². The fraction of sp³-hybridized carbons (Fsp3) is 0.333. The van der Waals surface area contributed by atoms with Crippen LogP contribution in [-0.2, 0) is 15.6 Å². The molecule has 1 heterocycles. The van der Waals surface area contributed by atoms with Gasteiger partial charge < -0.3 is 5.11 Å². The molecule has 4 nitrogen and oxygen atoms in total. The Morgan fingerprint density at radius 2 is 2.06 bits per heavy atom. The van der Waals surface area contributed by atoms with Gasteiger partial charge in [0.1, 0.15) is 5.60 Å². The van der Waals surface area contributed by atoms with E-state index in [1.54, 1.807) is 6.92 Å². The summed E-state index contributed by atoms with van der Waals surface area (Å²) in [4.78, 5) is 0.750. The highest BCUT2D eigenvalue weighted by atomic mass is 32.2. The van der Waals surface area contributed by atoms with Crippen molar-refractivity contribution in [2.75, 3.05) is 12.8 Å². The first-order chi connectivity index (χ1) is 8.28. The lowest BCUT2D eigenvalue weighted by molar-refractivity contribution is 0.0667. The Kier molecular flexibility index (Phi) is 3.46. The number of sulfonamides is 1. The standard InChI is InChI=1S/C12H15NO3S2/c1-12(14,8-13-18(2,15)16)11-7-9-5-3-4-6-10(9)17-11/h3-7,13-14H,8H2,1-2H3. The van der Waals surface area contributed by atoms with Crippen molar-refractivity contribution >= 4 is 31.4 Å². The van der Waals surface area contributed by atoms with Gasteiger partial charge in [0.15, 0.2) is 0 Å². The molecule has 0 spiro atoms. The van der Waals surface area contributed by atoms with Crippen molar-refractivity contribution in [2.45, 2.75) is 12.5 Å². The van der Waals surface area contributed by atoms with Crippen molar-refractivity contribution in [2.24, 2.45) is 0 Å². The topological polar surface area (TPSA) is 66.4 Å². The van der Waals surface area contributed by atoms with E-state index in [9.17, 15) is 13.5 Å². The van der Waals surface area contributed by atoms with E-state index in [4.69, 9.17) is 0 Å². The number of nitrogens with one attached hydrogen (secondary N) is 1. The summed E-state index contributed by atoms with van der Waals surface area (Å²) in [6, 6.07) is 9.71. The summed E-state index contributed by atoms with van der Waals surface area (Å²) in [5.41, 5.74) is -1.20. The number of aliphatic hydroxyl groups is 1. The molecule has 1 aromatic heterocycles. The quantitative estimate of drug-likeness (QED) is 0.898. The Bertz CT molecular complexity index is 626. The SMILES string of the molecule is CC(O)(CNS(C)(=O)=O)c1cc2ccccc2s1. The van der Waals surface area contributed by atoms with Crippen LogP contribution in [-0.4, -0.2) is 26.3 Å². The van der Waals surface area contributed by atoms with Crippen LogP contribution in [0.2, 0.25) is 0 Å². The molecule has 0 aliphatic heterocycles. The molecule has 0 aliphatic carbocycles. The summed E-state index contributed by atoms with van der Waals surface area (Å²) in [5, 5.41) is 11.4. The van der Waals surface area contributed by atoms with Crippen LogP contribution in [0, 0.1) is 0 Å². The molecular weight excluding hydrogens is 270 g/mol. The molecule has 2 rings (SSSR count). The minimum Gasteiger partial charge on any atom is -0.383 e. The lowest BCUT2D eigenvalue weighted by Crippen LogP contribution is -2.37. The Balaban J connectivity index is 2.28. The molecule has 98 valence electrons. The monoisotopic (exact) mass is 285 g/mol. The van der Waals surface area contributed by atoms with E-state index in [1.165, 1.54) is 11.3 Å². The van der Waals surface area contributed by atoms with Gasteiger partial charge in [-0.3, -0.25) is 0 Å². The number of rotatable bonds is 4. The average molecular weight is 285 g/mol. The van der Waals surface area contributed by atoms with Crippen LogP contribution < -0.4 is 4.72 Å². The predicted molar refractivity (Wildman–Crippen MR) is 74.2 cm³/mol. The van der Waals surface area contributed by atoms with Crippen LogP contribution in [0.3, 0.4) is 0 Å². The summed E-state index contributed by atoms with van der Waals surface area (Å²) < 4.78 is 25.5. The lowest BCUT2D eigenvalue weighted by Gasteiger charge is -2.21. The molecule has 0 fully saturated rings. The zero-order chi connectivity index (χ0) is 13.4. The molecule has 1 atom stereocenters. The van der Waals surface area contributed by atoms with Gasteiger partial charge in [-0.1, -0.05) is 18.2 Å². The second kappa shape index (κ2) is 4.62. The van der Waals surface area contributed by atoms with Crippen molar-refractivity contribution in [3.63, 3.8) is 0 Å². The maximum absolute atomic E-state index is 11.1. The number of hydrogen-bond acceptors (Lipinski definition) is 4. The first-order valence-electron chi connectivity index (χ1n) is 5.44. The van der Waals surface area contributed by atoms with E-state index in [2.05, 4.69) is 4.72 Å². The smallest absolute Gasteiger partial charge is 0.208 e. The van der Waals surface area contributed by atoms with Gasteiger partial charge in [0.05, 0.1) is 6.26 Å². The van der Waals surface area contributed by atoms with E-state index in [0.29, 0.717) is 0 Å². The van der Waals surface area contributed by atoms with Crippen molar-refractivity contribution < 1.29 is 13.5 Å². The Morgan fingerprint density at radius 3 is 2.67 bits per heavy atom.